The number of aryl methyl sites for hydroxylation is 1. The van der Waals surface area contributed by atoms with E-state index >= 15 is 0 Å². The molecule has 1 aromatic carbocycles. The fraction of sp³-hybridized carbons (Fsp3) is 0.368. The van der Waals surface area contributed by atoms with Crippen molar-refractivity contribution in [3.63, 3.8) is 0 Å². The van der Waals surface area contributed by atoms with Crippen molar-refractivity contribution in [3.05, 3.63) is 45.6 Å². The van der Waals surface area contributed by atoms with Crippen molar-refractivity contribution in [2.75, 3.05) is 14.2 Å². The summed E-state index contributed by atoms with van der Waals surface area (Å²) in [6, 6.07) is 8.91. The topological polar surface area (TPSA) is 64.6 Å². The van der Waals surface area contributed by atoms with Crippen LogP contribution in [-0.2, 0) is 4.79 Å². The Morgan fingerprint density at radius 2 is 1.88 bits per heavy atom. The summed E-state index contributed by atoms with van der Waals surface area (Å²) in [5.41, 5.74) is 0.829. The van der Waals surface area contributed by atoms with Gasteiger partial charge in [-0.05, 0) is 44.2 Å². The molecule has 0 aliphatic heterocycles. The van der Waals surface area contributed by atoms with Gasteiger partial charge < -0.3 is 14.8 Å². The van der Waals surface area contributed by atoms with E-state index in [0.29, 0.717) is 16.4 Å². The van der Waals surface area contributed by atoms with Crippen molar-refractivity contribution in [2.45, 2.75) is 32.7 Å². The molecule has 1 heterocycles. The number of carbonyl (C=O) groups excluding carboxylic acids is 2. The second kappa shape index (κ2) is 8.67. The monoisotopic (exact) mass is 361 g/mol. The summed E-state index contributed by atoms with van der Waals surface area (Å²) in [4.78, 5) is 26.1. The summed E-state index contributed by atoms with van der Waals surface area (Å²) in [5, 5.41) is 2.91. The lowest BCUT2D eigenvalue weighted by Crippen LogP contribution is -2.27. The van der Waals surface area contributed by atoms with Gasteiger partial charge in [0.25, 0.3) is 0 Å². The van der Waals surface area contributed by atoms with Crippen molar-refractivity contribution in [3.8, 4) is 11.5 Å². The Hall–Kier alpha value is -2.34. The lowest BCUT2D eigenvalue weighted by atomic mass is 10.1. The highest BCUT2D eigenvalue weighted by Crippen LogP contribution is 2.29. The van der Waals surface area contributed by atoms with E-state index in [9.17, 15) is 9.59 Å². The quantitative estimate of drug-likeness (QED) is 0.724. The summed E-state index contributed by atoms with van der Waals surface area (Å²) in [6.45, 7) is 3.83. The molecule has 1 atom stereocenters. The van der Waals surface area contributed by atoms with Crippen LogP contribution in [0.3, 0.4) is 0 Å². The zero-order valence-electron chi connectivity index (χ0n) is 14.9. The molecule has 2 aromatic rings. The van der Waals surface area contributed by atoms with E-state index in [1.165, 1.54) is 11.3 Å². The molecule has 6 heteroatoms. The minimum atomic E-state index is -0.253. The van der Waals surface area contributed by atoms with Crippen molar-refractivity contribution < 1.29 is 19.1 Å². The van der Waals surface area contributed by atoms with Crippen LogP contribution in [0.4, 0.5) is 0 Å². The summed E-state index contributed by atoms with van der Waals surface area (Å²) >= 11 is 1.46. The van der Waals surface area contributed by atoms with Gasteiger partial charge in [-0.3, -0.25) is 9.59 Å². The van der Waals surface area contributed by atoms with Crippen LogP contribution in [0.25, 0.3) is 0 Å². The second-order valence-electron chi connectivity index (χ2n) is 5.73. The van der Waals surface area contributed by atoms with E-state index in [1.54, 1.807) is 26.4 Å². The number of hydrogen-bond acceptors (Lipinski definition) is 5. The predicted octanol–water partition coefficient (Wildman–Crippen LogP) is 3.91. The van der Waals surface area contributed by atoms with E-state index in [2.05, 4.69) is 5.32 Å². The Balaban J connectivity index is 1.95. The maximum Gasteiger partial charge on any atom is 0.220 e. The zero-order valence-corrected chi connectivity index (χ0v) is 15.7. The highest BCUT2D eigenvalue weighted by Gasteiger charge is 2.17. The normalized spacial score (nSPS) is 11.7. The molecule has 5 nitrogen and oxygen atoms in total. The molecule has 0 saturated heterocycles. The summed E-state index contributed by atoms with van der Waals surface area (Å²) in [7, 11) is 3.17. The first-order valence-corrected chi connectivity index (χ1v) is 8.87. The van der Waals surface area contributed by atoms with Crippen LogP contribution < -0.4 is 14.8 Å². The molecule has 0 bridgehead atoms. The van der Waals surface area contributed by atoms with Crippen LogP contribution in [0.15, 0.2) is 30.3 Å². The Kier molecular flexibility index (Phi) is 6.58. The molecule has 0 radical (unpaired) electrons. The van der Waals surface area contributed by atoms with E-state index < -0.39 is 0 Å². The first kappa shape index (κ1) is 19.0. The number of hydrogen-bond donors (Lipinski definition) is 1. The predicted molar refractivity (Wildman–Crippen MR) is 98.7 cm³/mol. The highest BCUT2D eigenvalue weighted by atomic mass is 32.1. The number of benzene rings is 1. The van der Waals surface area contributed by atoms with Gasteiger partial charge in [0.05, 0.1) is 25.1 Å². The van der Waals surface area contributed by atoms with Gasteiger partial charge in [-0.15, -0.1) is 11.3 Å². The van der Waals surface area contributed by atoms with Crippen LogP contribution >= 0.6 is 11.3 Å². The zero-order chi connectivity index (χ0) is 18.4. The van der Waals surface area contributed by atoms with E-state index in [-0.39, 0.29) is 30.6 Å². The number of Topliss-reactive ketones (excluding diaryl/α,β-unsaturated/α-hetero) is 1. The van der Waals surface area contributed by atoms with Crippen molar-refractivity contribution in [1.29, 1.82) is 0 Å². The fourth-order valence-electron chi connectivity index (χ4n) is 2.50. The molecule has 1 amide bonds. The van der Waals surface area contributed by atoms with Gasteiger partial charge in [0.15, 0.2) is 5.78 Å². The summed E-state index contributed by atoms with van der Waals surface area (Å²) in [6.07, 6.45) is 0.361. The molecular formula is C19H23NO4S. The third-order valence-corrected chi connectivity index (χ3v) is 4.92. The molecule has 0 aliphatic rings. The number of methoxy groups -OCH3 is 2. The first-order chi connectivity index (χ1) is 11.9. The van der Waals surface area contributed by atoms with E-state index in [0.717, 1.165) is 10.4 Å². The minimum Gasteiger partial charge on any atom is -0.497 e. The molecule has 0 saturated carbocycles. The van der Waals surface area contributed by atoms with Gasteiger partial charge in [0, 0.05) is 23.3 Å². The fourth-order valence-corrected chi connectivity index (χ4v) is 3.34. The van der Waals surface area contributed by atoms with Gasteiger partial charge >= 0.3 is 0 Å². The smallest absolute Gasteiger partial charge is 0.220 e. The van der Waals surface area contributed by atoms with Crippen LogP contribution in [0.5, 0.6) is 11.5 Å². The average Bonchev–Trinajstić information content (AvgIpc) is 3.05. The van der Waals surface area contributed by atoms with E-state index in [4.69, 9.17) is 9.47 Å². The second-order valence-corrected chi connectivity index (χ2v) is 7.02. The van der Waals surface area contributed by atoms with Crippen molar-refractivity contribution >= 4 is 23.0 Å². The third-order valence-electron chi connectivity index (χ3n) is 3.88. The van der Waals surface area contributed by atoms with E-state index in [1.807, 2.05) is 32.0 Å². The Labute approximate surface area is 152 Å². The number of thiophene rings is 1. The van der Waals surface area contributed by atoms with Crippen LogP contribution in [-0.4, -0.2) is 25.9 Å². The molecule has 0 spiro atoms. The van der Waals surface area contributed by atoms with Gasteiger partial charge in [0.1, 0.15) is 11.5 Å². The molecule has 134 valence electrons. The van der Waals surface area contributed by atoms with Crippen LogP contribution in [0, 0.1) is 6.92 Å². The number of nitrogens with one attached hydrogen (secondary N) is 1. The SMILES string of the molecule is COc1ccc(OC)c(C(C)NC(=O)CCC(=O)c2ccc(C)s2)c1. The highest BCUT2D eigenvalue weighted by molar-refractivity contribution is 7.14. The van der Waals surface area contributed by atoms with Gasteiger partial charge in [0.2, 0.25) is 5.91 Å². The van der Waals surface area contributed by atoms with Gasteiger partial charge in [-0.25, -0.2) is 0 Å². The van der Waals surface area contributed by atoms with Crippen LogP contribution in [0.2, 0.25) is 0 Å². The number of rotatable bonds is 8. The first-order valence-electron chi connectivity index (χ1n) is 8.05. The Bertz CT molecular complexity index is 754. The molecular weight excluding hydrogens is 338 g/mol. The Morgan fingerprint density at radius 1 is 1.12 bits per heavy atom. The molecule has 0 fully saturated rings. The van der Waals surface area contributed by atoms with Gasteiger partial charge in [-0.1, -0.05) is 0 Å². The lowest BCUT2D eigenvalue weighted by Gasteiger charge is -2.18. The Morgan fingerprint density at radius 3 is 2.48 bits per heavy atom. The molecule has 1 aromatic heterocycles. The molecule has 0 aliphatic carbocycles. The van der Waals surface area contributed by atoms with Crippen molar-refractivity contribution in [1.82, 2.24) is 5.32 Å². The number of carbonyl (C=O) groups is 2. The lowest BCUT2D eigenvalue weighted by molar-refractivity contribution is -0.121. The summed E-state index contributed by atoms with van der Waals surface area (Å²) in [5.74, 6) is 1.21. The maximum atomic E-state index is 12.2. The minimum absolute atomic E-state index is 0.000126. The van der Waals surface area contributed by atoms with Crippen LogP contribution in [0.1, 0.15) is 45.9 Å². The maximum absolute atomic E-state index is 12.2. The third kappa shape index (κ3) is 5.06. The average molecular weight is 361 g/mol. The molecule has 2 rings (SSSR count). The molecule has 1 N–H and O–H groups in total. The molecule has 1 unspecified atom stereocenters. The largest absolute Gasteiger partial charge is 0.497 e. The molecule has 25 heavy (non-hydrogen) atoms. The number of ketones is 1. The standard InChI is InChI=1S/C19H23NO4S/c1-12-5-9-18(25-12)16(21)7-10-19(22)20-13(2)15-11-14(23-3)6-8-17(15)24-4/h5-6,8-9,11,13H,7,10H2,1-4H3,(H,20,22). The van der Waals surface area contributed by atoms with Gasteiger partial charge in [-0.2, -0.15) is 0 Å². The number of ether oxygens (including phenoxy) is 2. The summed E-state index contributed by atoms with van der Waals surface area (Å²) < 4.78 is 10.6. The number of amides is 1. The van der Waals surface area contributed by atoms with Crippen molar-refractivity contribution in [2.24, 2.45) is 0 Å².